The van der Waals surface area contributed by atoms with Gasteiger partial charge >= 0.3 is 0 Å². The molecule has 0 bridgehead atoms. The van der Waals surface area contributed by atoms with Crippen LogP contribution in [0, 0.1) is 11.6 Å². The summed E-state index contributed by atoms with van der Waals surface area (Å²) in [6, 6.07) is 11.8. The van der Waals surface area contributed by atoms with Gasteiger partial charge in [-0.25, -0.2) is 8.78 Å². The molecule has 1 atom stereocenters. The van der Waals surface area contributed by atoms with Crippen LogP contribution in [-0.4, -0.2) is 84.2 Å². The van der Waals surface area contributed by atoms with E-state index in [1.807, 2.05) is 4.90 Å². The fourth-order valence-electron chi connectivity index (χ4n) is 4.17. The molecule has 0 radical (unpaired) electrons. The number of ether oxygens (including phenoxy) is 1. The largest absolute Gasteiger partial charge is 0.373 e. The van der Waals surface area contributed by atoms with Gasteiger partial charge in [0.25, 0.3) is 5.91 Å². The molecule has 2 fully saturated rings. The standard InChI is InChI=1S/C24H28F2N4O2S/c25-19-4-2-18(3-5-19)23(31)29-11-1-10-28(12-13-29)16-22-17-30(14-15-32-22)24(33)27-21-8-6-20(26)7-9-21/h2-9,22H,1,10-17H2,(H,27,33). The number of hydrogen-bond acceptors (Lipinski definition) is 4. The number of carbonyl (C=O) groups is 1. The topological polar surface area (TPSA) is 48.1 Å². The minimum absolute atomic E-state index is 0.00562. The van der Waals surface area contributed by atoms with Crippen molar-refractivity contribution in [2.24, 2.45) is 0 Å². The van der Waals surface area contributed by atoms with Gasteiger partial charge in [-0.3, -0.25) is 9.69 Å². The first-order chi connectivity index (χ1) is 16.0. The molecule has 176 valence electrons. The number of rotatable bonds is 4. The molecule has 4 rings (SSSR count). The van der Waals surface area contributed by atoms with E-state index >= 15 is 0 Å². The number of hydrogen-bond donors (Lipinski definition) is 1. The summed E-state index contributed by atoms with van der Waals surface area (Å²) in [6.45, 7) is 5.64. The smallest absolute Gasteiger partial charge is 0.253 e. The molecule has 2 aliphatic heterocycles. The lowest BCUT2D eigenvalue weighted by molar-refractivity contribution is -0.0224. The summed E-state index contributed by atoms with van der Waals surface area (Å²) in [6.07, 6.45) is 0.875. The van der Waals surface area contributed by atoms with Crippen molar-refractivity contribution < 1.29 is 18.3 Å². The molecule has 2 aliphatic rings. The number of thiocarbonyl (C=S) groups is 1. The quantitative estimate of drug-likeness (QED) is 0.687. The van der Waals surface area contributed by atoms with Crippen molar-refractivity contribution in [2.45, 2.75) is 12.5 Å². The van der Waals surface area contributed by atoms with Gasteiger partial charge in [0.1, 0.15) is 11.6 Å². The zero-order chi connectivity index (χ0) is 23.2. The van der Waals surface area contributed by atoms with Crippen molar-refractivity contribution >= 4 is 28.9 Å². The molecule has 2 aromatic carbocycles. The molecule has 2 heterocycles. The number of benzene rings is 2. The highest BCUT2D eigenvalue weighted by molar-refractivity contribution is 7.80. The molecule has 1 unspecified atom stereocenters. The average Bonchev–Trinajstić information content (AvgIpc) is 3.06. The predicted molar refractivity (Wildman–Crippen MR) is 127 cm³/mol. The Morgan fingerprint density at radius 3 is 2.36 bits per heavy atom. The van der Waals surface area contributed by atoms with Gasteiger partial charge in [-0.2, -0.15) is 0 Å². The fraction of sp³-hybridized carbons (Fsp3) is 0.417. The second-order valence-corrected chi connectivity index (χ2v) is 8.72. The lowest BCUT2D eigenvalue weighted by atomic mass is 10.2. The normalized spacial score (nSPS) is 19.8. The summed E-state index contributed by atoms with van der Waals surface area (Å²) in [5.41, 5.74) is 1.26. The molecular weight excluding hydrogens is 446 g/mol. The SMILES string of the molecule is O=C(c1ccc(F)cc1)N1CCCN(CC2CN(C(=S)Nc3ccc(F)cc3)CCO2)CC1. The lowest BCUT2D eigenvalue weighted by Gasteiger charge is -2.36. The third-order valence-electron chi connectivity index (χ3n) is 5.95. The summed E-state index contributed by atoms with van der Waals surface area (Å²) in [4.78, 5) is 19.0. The van der Waals surface area contributed by atoms with E-state index in [0.29, 0.717) is 43.5 Å². The molecule has 2 saturated heterocycles. The number of nitrogens with zero attached hydrogens (tertiary/aromatic N) is 3. The Labute approximate surface area is 198 Å². The molecule has 0 aliphatic carbocycles. The van der Waals surface area contributed by atoms with Crippen LogP contribution in [0.1, 0.15) is 16.8 Å². The molecule has 1 N–H and O–H groups in total. The monoisotopic (exact) mass is 474 g/mol. The maximum Gasteiger partial charge on any atom is 0.253 e. The molecule has 0 aromatic heterocycles. The Morgan fingerprint density at radius 2 is 1.64 bits per heavy atom. The van der Waals surface area contributed by atoms with E-state index in [0.717, 1.165) is 31.7 Å². The highest BCUT2D eigenvalue weighted by Crippen LogP contribution is 2.15. The van der Waals surface area contributed by atoms with Crippen molar-refractivity contribution in [1.82, 2.24) is 14.7 Å². The van der Waals surface area contributed by atoms with Crippen LogP contribution in [0.25, 0.3) is 0 Å². The van der Waals surface area contributed by atoms with Crippen LogP contribution in [-0.2, 0) is 4.74 Å². The van der Waals surface area contributed by atoms with Crippen molar-refractivity contribution in [1.29, 1.82) is 0 Å². The van der Waals surface area contributed by atoms with Crippen LogP contribution in [0.3, 0.4) is 0 Å². The Hall–Kier alpha value is -2.62. The third kappa shape index (κ3) is 6.46. The Bertz CT molecular complexity index is 958. The summed E-state index contributed by atoms with van der Waals surface area (Å²) in [5.74, 6) is -0.690. The van der Waals surface area contributed by atoms with Gasteiger partial charge in [0, 0.05) is 50.5 Å². The van der Waals surface area contributed by atoms with E-state index < -0.39 is 0 Å². The number of morpholine rings is 1. The van der Waals surface area contributed by atoms with Crippen molar-refractivity contribution in [3.05, 3.63) is 65.7 Å². The highest BCUT2D eigenvalue weighted by atomic mass is 32.1. The van der Waals surface area contributed by atoms with E-state index in [4.69, 9.17) is 17.0 Å². The second kappa shape index (κ2) is 11.0. The predicted octanol–water partition coefficient (Wildman–Crippen LogP) is 3.21. The summed E-state index contributed by atoms with van der Waals surface area (Å²) < 4.78 is 32.3. The molecule has 9 heteroatoms. The van der Waals surface area contributed by atoms with Crippen molar-refractivity contribution in [3.8, 4) is 0 Å². The zero-order valence-electron chi connectivity index (χ0n) is 18.4. The molecule has 33 heavy (non-hydrogen) atoms. The maximum absolute atomic E-state index is 13.2. The molecule has 6 nitrogen and oxygen atoms in total. The van der Waals surface area contributed by atoms with Gasteiger partial charge in [-0.05, 0) is 73.7 Å². The Morgan fingerprint density at radius 1 is 0.939 bits per heavy atom. The van der Waals surface area contributed by atoms with E-state index in [1.54, 1.807) is 12.1 Å². The van der Waals surface area contributed by atoms with E-state index in [1.165, 1.54) is 36.4 Å². The molecule has 1 amide bonds. The second-order valence-electron chi connectivity index (χ2n) is 8.33. The number of amides is 1. The molecule has 0 saturated carbocycles. The summed E-state index contributed by atoms with van der Waals surface area (Å²) in [7, 11) is 0. The van der Waals surface area contributed by atoms with E-state index in [-0.39, 0.29) is 23.6 Å². The Balaban J connectivity index is 1.27. The van der Waals surface area contributed by atoms with Gasteiger partial charge in [-0.1, -0.05) is 0 Å². The van der Waals surface area contributed by atoms with Gasteiger partial charge in [0.05, 0.1) is 12.7 Å². The first-order valence-electron chi connectivity index (χ1n) is 11.2. The van der Waals surface area contributed by atoms with Crippen molar-refractivity contribution in [3.63, 3.8) is 0 Å². The van der Waals surface area contributed by atoms with Crippen LogP contribution >= 0.6 is 12.2 Å². The van der Waals surface area contributed by atoms with E-state index in [2.05, 4.69) is 15.1 Å². The zero-order valence-corrected chi connectivity index (χ0v) is 19.2. The van der Waals surface area contributed by atoms with Gasteiger partial charge in [0.2, 0.25) is 0 Å². The van der Waals surface area contributed by atoms with E-state index in [9.17, 15) is 13.6 Å². The number of halogens is 2. The van der Waals surface area contributed by atoms with Gasteiger partial charge in [0.15, 0.2) is 5.11 Å². The van der Waals surface area contributed by atoms with Crippen LogP contribution < -0.4 is 5.32 Å². The number of carbonyl (C=O) groups excluding carboxylic acids is 1. The fourth-order valence-corrected chi connectivity index (χ4v) is 4.45. The van der Waals surface area contributed by atoms with Gasteiger partial charge in [-0.15, -0.1) is 0 Å². The lowest BCUT2D eigenvalue weighted by Crippen LogP contribution is -2.51. The average molecular weight is 475 g/mol. The van der Waals surface area contributed by atoms with Gasteiger partial charge < -0.3 is 19.9 Å². The van der Waals surface area contributed by atoms with Crippen LogP contribution in [0.4, 0.5) is 14.5 Å². The first kappa shape index (κ1) is 23.5. The minimum Gasteiger partial charge on any atom is -0.373 e. The summed E-state index contributed by atoms with van der Waals surface area (Å²) in [5, 5.41) is 3.76. The molecular formula is C24H28F2N4O2S. The first-order valence-corrected chi connectivity index (χ1v) is 11.6. The Kier molecular flexibility index (Phi) is 7.85. The third-order valence-corrected chi connectivity index (χ3v) is 6.31. The molecule has 0 spiro atoms. The minimum atomic E-state index is -0.345. The van der Waals surface area contributed by atoms with Crippen LogP contribution in [0.2, 0.25) is 0 Å². The number of nitrogens with one attached hydrogen (secondary N) is 1. The maximum atomic E-state index is 13.2. The van der Waals surface area contributed by atoms with Crippen molar-refractivity contribution in [2.75, 3.05) is 57.7 Å². The molecule has 2 aromatic rings. The number of anilines is 1. The highest BCUT2D eigenvalue weighted by Gasteiger charge is 2.26. The van der Waals surface area contributed by atoms with Crippen LogP contribution in [0.5, 0.6) is 0 Å². The van der Waals surface area contributed by atoms with Crippen LogP contribution in [0.15, 0.2) is 48.5 Å². The summed E-state index contributed by atoms with van der Waals surface area (Å²) >= 11 is 5.55.